The van der Waals surface area contributed by atoms with Gasteiger partial charge < -0.3 is 15.2 Å². The van der Waals surface area contributed by atoms with Crippen molar-refractivity contribution >= 4 is 21.6 Å². The largest absolute Gasteiger partial charge is 0.490 e. The maximum atomic E-state index is 13.6. The fourth-order valence-corrected chi connectivity index (χ4v) is 1.89. The Labute approximate surface area is 125 Å². The first-order valence-corrected chi connectivity index (χ1v) is 6.92. The Morgan fingerprint density at radius 3 is 2.45 bits per heavy atom. The molecule has 0 aliphatic rings. The highest BCUT2D eigenvalue weighted by Gasteiger charge is 2.06. The van der Waals surface area contributed by atoms with Crippen LogP contribution in [0.15, 0.2) is 40.9 Å². The van der Waals surface area contributed by atoms with Crippen LogP contribution in [0.5, 0.6) is 11.5 Å². The van der Waals surface area contributed by atoms with Crippen molar-refractivity contribution in [2.75, 3.05) is 18.9 Å². The number of aryl methyl sites for hydroxylation is 1. The van der Waals surface area contributed by atoms with E-state index < -0.39 is 5.82 Å². The molecule has 0 atom stereocenters. The van der Waals surface area contributed by atoms with E-state index in [1.807, 2.05) is 24.3 Å². The van der Waals surface area contributed by atoms with Crippen molar-refractivity contribution in [2.45, 2.75) is 6.92 Å². The first kappa shape index (κ1) is 14.7. The molecule has 2 N–H and O–H groups in total. The van der Waals surface area contributed by atoms with Gasteiger partial charge in [-0.25, -0.2) is 4.39 Å². The molecule has 3 nitrogen and oxygen atoms in total. The van der Waals surface area contributed by atoms with Gasteiger partial charge in [0.2, 0.25) is 0 Å². The summed E-state index contributed by atoms with van der Waals surface area (Å²) in [4.78, 5) is 0. The minimum atomic E-state index is -0.461. The first-order chi connectivity index (χ1) is 9.56. The second-order valence-electron chi connectivity index (χ2n) is 4.29. The van der Waals surface area contributed by atoms with Gasteiger partial charge in [-0.1, -0.05) is 15.9 Å². The van der Waals surface area contributed by atoms with Crippen LogP contribution in [0.2, 0.25) is 0 Å². The third-order valence-corrected chi connectivity index (χ3v) is 3.27. The van der Waals surface area contributed by atoms with Crippen molar-refractivity contribution in [1.29, 1.82) is 0 Å². The summed E-state index contributed by atoms with van der Waals surface area (Å²) in [5.41, 5.74) is 6.81. The maximum absolute atomic E-state index is 13.6. The Bertz CT molecular complexity index is 587. The van der Waals surface area contributed by atoms with E-state index in [0.717, 1.165) is 15.8 Å². The molecule has 0 heterocycles. The number of nitrogens with two attached hydrogens (primary N) is 1. The lowest BCUT2D eigenvalue weighted by Crippen LogP contribution is -2.10. The predicted octanol–water partition coefficient (Wildman–Crippen LogP) is 3.94. The van der Waals surface area contributed by atoms with Gasteiger partial charge in [0.25, 0.3) is 0 Å². The number of nitrogen functional groups attached to an aromatic ring is 1. The van der Waals surface area contributed by atoms with Crippen LogP contribution in [-0.4, -0.2) is 13.2 Å². The van der Waals surface area contributed by atoms with Crippen LogP contribution in [0.4, 0.5) is 10.1 Å². The predicted molar refractivity (Wildman–Crippen MR) is 80.7 cm³/mol. The van der Waals surface area contributed by atoms with Gasteiger partial charge in [0, 0.05) is 16.2 Å². The Hall–Kier alpha value is -1.75. The lowest BCUT2D eigenvalue weighted by atomic mass is 10.2. The highest BCUT2D eigenvalue weighted by molar-refractivity contribution is 9.10. The minimum Gasteiger partial charge on any atom is -0.490 e. The van der Waals surface area contributed by atoms with E-state index >= 15 is 0 Å². The zero-order valence-corrected chi connectivity index (χ0v) is 12.6. The van der Waals surface area contributed by atoms with Crippen LogP contribution < -0.4 is 15.2 Å². The average molecular weight is 340 g/mol. The molecule has 0 aliphatic heterocycles. The fourth-order valence-electron chi connectivity index (χ4n) is 1.62. The van der Waals surface area contributed by atoms with E-state index in [1.54, 1.807) is 13.0 Å². The molecule has 2 rings (SSSR count). The van der Waals surface area contributed by atoms with Crippen molar-refractivity contribution in [2.24, 2.45) is 0 Å². The summed E-state index contributed by atoms with van der Waals surface area (Å²) in [6.45, 7) is 2.40. The Morgan fingerprint density at radius 1 is 1.10 bits per heavy atom. The standard InChI is InChI=1S/C15H15BrFNO2/c1-10-8-15(13(17)9-14(10)18)20-7-6-19-12-4-2-11(16)3-5-12/h2-5,8-9H,6-7,18H2,1H3. The van der Waals surface area contributed by atoms with E-state index in [4.69, 9.17) is 15.2 Å². The molecule has 0 unspecified atom stereocenters. The normalized spacial score (nSPS) is 10.3. The molecule has 106 valence electrons. The average Bonchev–Trinajstić information content (AvgIpc) is 2.42. The zero-order chi connectivity index (χ0) is 14.5. The van der Waals surface area contributed by atoms with E-state index in [1.165, 1.54) is 6.07 Å². The van der Waals surface area contributed by atoms with Gasteiger partial charge in [-0.2, -0.15) is 0 Å². The smallest absolute Gasteiger partial charge is 0.167 e. The minimum absolute atomic E-state index is 0.191. The van der Waals surface area contributed by atoms with Crippen LogP contribution in [0.25, 0.3) is 0 Å². The fraction of sp³-hybridized carbons (Fsp3) is 0.200. The van der Waals surface area contributed by atoms with Crippen LogP contribution in [0.3, 0.4) is 0 Å². The van der Waals surface area contributed by atoms with E-state index in [-0.39, 0.29) is 12.4 Å². The van der Waals surface area contributed by atoms with Crippen molar-refractivity contribution < 1.29 is 13.9 Å². The summed E-state index contributed by atoms with van der Waals surface area (Å²) < 4.78 is 25.4. The Kier molecular flexibility index (Phi) is 4.84. The lowest BCUT2D eigenvalue weighted by molar-refractivity contribution is 0.211. The van der Waals surface area contributed by atoms with E-state index in [9.17, 15) is 4.39 Å². The maximum Gasteiger partial charge on any atom is 0.167 e. The van der Waals surface area contributed by atoms with Crippen molar-refractivity contribution in [3.63, 3.8) is 0 Å². The van der Waals surface area contributed by atoms with Crippen molar-refractivity contribution in [1.82, 2.24) is 0 Å². The van der Waals surface area contributed by atoms with Gasteiger partial charge >= 0.3 is 0 Å². The second-order valence-corrected chi connectivity index (χ2v) is 5.21. The molecule has 0 fully saturated rings. The summed E-state index contributed by atoms with van der Waals surface area (Å²) in [6, 6.07) is 10.3. The number of halogens is 2. The van der Waals surface area contributed by atoms with Crippen molar-refractivity contribution in [3.8, 4) is 11.5 Å². The molecule has 0 amide bonds. The van der Waals surface area contributed by atoms with E-state index in [2.05, 4.69) is 15.9 Å². The van der Waals surface area contributed by atoms with Gasteiger partial charge in [-0.3, -0.25) is 0 Å². The molecule has 0 aromatic heterocycles. The monoisotopic (exact) mass is 339 g/mol. The summed E-state index contributed by atoms with van der Waals surface area (Å²) in [7, 11) is 0. The molecule has 2 aromatic rings. The van der Waals surface area contributed by atoms with Gasteiger partial charge in [0.15, 0.2) is 11.6 Å². The molecule has 0 bridgehead atoms. The van der Waals surface area contributed by atoms with Crippen LogP contribution in [-0.2, 0) is 0 Å². The first-order valence-electron chi connectivity index (χ1n) is 6.13. The molecule has 0 aliphatic carbocycles. The number of hydrogen-bond acceptors (Lipinski definition) is 3. The van der Waals surface area contributed by atoms with Crippen molar-refractivity contribution in [3.05, 3.63) is 52.3 Å². The summed E-state index contributed by atoms with van der Waals surface area (Å²) >= 11 is 3.35. The number of benzene rings is 2. The zero-order valence-electron chi connectivity index (χ0n) is 11.0. The third kappa shape index (κ3) is 3.87. The molecular weight excluding hydrogens is 325 g/mol. The highest BCUT2D eigenvalue weighted by atomic mass is 79.9. The molecule has 0 radical (unpaired) electrons. The third-order valence-electron chi connectivity index (χ3n) is 2.74. The SMILES string of the molecule is Cc1cc(OCCOc2ccc(Br)cc2)c(F)cc1N. The molecule has 0 saturated carbocycles. The quantitative estimate of drug-likeness (QED) is 0.662. The van der Waals surface area contributed by atoms with E-state index in [0.29, 0.717) is 12.3 Å². The Balaban J connectivity index is 1.84. The topological polar surface area (TPSA) is 44.5 Å². The summed E-state index contributed by atoms with van der Waals surface area (Å²) in [5.74, 6) is 0.471. The Morgan fingerprint density at radius 2 is 1.75 bits per heavy atom. The van der Waals surface area contributed by atoms with Crippen LogP contribution >= 0.6 is 15.9 Å². The number of ether oxygens (including phenoxy) is 2. The van der Waals surface area contributed by atoms with Crippen LogP contribution in [0.1, 0.15) is 5.56 Å². The number of hydrogen-bond donors (Lipinski definition) is 1. The number of anilines is 1. The highest BCUT2D eigenvalue weighted by Crippen LogP contribution is 2.23. The van der Waals surface area contributed by atoms with Crippen LogP contribution in [0, 0.1) is 12.7 Å². The molecule has 5 heteroatoms. The summed E-state index contributed by atoms with van der Waals surface area (Å²) in [6.07, 6.45) is 0. The molecule has 0 saturated heterocycles. The van der Waals surface area contributed by atoms with Gasteiger partial charge in [-0.15, -0.1) is 0 Å². The summed E-state index contributed by atoms with van der Waals surface area (Å²) in [5, 5.41) is 0. The second kappa shape index (κ2) is 6.61. The van der Waals surface area contributed by atoms with Gasteiger partial charge in [0.05, 0.1) is 0 Å². The molecule has 0 spiro atoms. The van der Waals surface area contributed by atoms with Gasteiger partial charge in [0.1, 0.15) is 19.0 Å². The number of rotatable bonds is 5. The van der Waals surface area contributed by atoms with Gasteiger partial charge in [-0.05, 0) is 42.8 Å². The molecular formula is C15H15BrFNO2. The molecule has 20 heavy (non-hydrogen) atoms. The molecule has 2 aromatic carbocycles. The lowest BCUT2D eigenvalue weighted by Gasteiger charge is -2.10.